The first-order valence-electron chi connectivity index (χ1n) is 4.28. The molecule has 1 aromatic heterocycles. The molecule has 0 N–H and O–H groups in total. The molecular formula is C11H7FN2O. The van der Waals surface area contributed by atoms with Gasteiger partial charge in [0.15, 0.2) is 5.82 Å². The molecule has 0 aliphatic carbocycles. The summed E-state index contributed by atoms with van der Waals surface area (Å²) in [6, 6.07) is 6.62. The standard InChI is InChI=1S/C11H7FN2O/c1-15-8-2-3-10-9(4-8)11(12)7(5-13)6-14-10/h2-4,6H,1H3. The molecule has 0 bridgehead atoms. The van der Waals surface area contributed by atoms with E-state index in [-0.39, 0.29) is 5.56 Å². The Labute approximate surface area is 85.7 Å². The minimum Gasteiger partial charge on any atom is -0.497 e. The summed E-state index contributed by atoms with van der Waals surface area (Å²) in [5, 5.41) is 8.94. The molecule has 1 heterocycles. The molecule has 0 aliphatic rings. The van der Waals surface area contributed by atoms with Gasteiger partial charge in [-0.3, -0.25) is 4.98 Å². The summed E-state index contributed by atoms with van der Waals surface area (Å²) in [7, 11) is 1.50. The van der Waals surface area contributed by atoms with Crippen LogP contribution in [0.1, 0.15) is 5.56 Å². The Kier molecular flexibility index (Phi) is 2.22. The van der Waals surface area contributed by atoms with Gasteiger partial charge in [-0.05, 0) is 18.2 Å². The monoisotopic (exact) mass is 202 g/mol. The van der Waals surface area contributed by atoms with E-state index >= 15 is 0 Å². The van der Waals surface area contributed by atoms with Crippen LogP contribution >= 0.6 is 0 Å². The van der Waals surface area contributed by atoms with Gasteiger partial charge >= 0.3 is 0 Å². The van der Waals surface area contributed by atoms with Crippen molar-refractivity contribution >= 4 is 10.9 Å². The molecule has 4 heteroatoms. The number of aromatic nitrogens is 1. The Morgan fingerprint density at radius 3 is 2.93 bits per heavy atom. The second-order valence-electron chi connectivity index (χ2n) is 2.98. The van der Waals surface area contributed by atoms with Crippen molar-refractivity contribution in [2.75, 3.05) is 7.11 Å². The number of hydrogen-bond donors (Lipinski definition) is 0. The zero-order chi connectivity index (χ0) is 10.8. The van der Waals surface area contributed by atoms with Crippen LogP contribution in [0.5, 0.6) is 5.75 Å². The molecule has 0 atom stereocenters. The van der Waals surface area contributed by atoms with E-state index in [2.05, 4.69) is 4.98 Å². The lowest BCUT2D eigenvalue weighted by molar-refractivity contribution is 0.415. The number of halogens is 1. The number of ether oxygens (including phenoxy) is 1. The summed E-state index contributed by atoms with van der Waals surface area (Å²) in [4.78, 5) is 3.97. The molecule has 0 unspecified atom stereocenters. The highest BCUT2D eigenvalue weighted by Crippen LogP contribution is 2.23. The second kappa shape index (κ2) is 3.54. The average molecular weight is 202 g/mol. The molecule has 3 nitrogen and oxygen atoms in total. The highest BCUT2D eigenvalue weighted by Gasteiger charge is 2.08. The number of fused-ring (bicyclic) bond motifs is 1. The maximum atomic E-state index is 13.7. The lowest BCUT2D eigenvalue weighted by Gasteiger charge is -2.03. The number of nitriles is 1. The first-order valence-corrected chi connectivity index (χ1v) is 4.28. The molecule has 0 saturated carbocycles. The molecule has 2 aromatic rings. The Hall–Kier alpha value is -2.15. The Balaban J connectivity index is 2.79. The third-order valence-corrected chi connectivity index (χ3v) is 2.13. The van der Waals surface area contributed by atoms with Crippen LogP contribution in [-0.4, -0.2) is 12.1 Å². The molecule has 0 aliphatic heterocycles. The molecule has 15 heavy (non-hydrogen) atoms. The summed E-state index contributed by atoms with van der Waals surface area (Å²) >= 11 is 0. The fourth-order valence-electron chi connectivity index (χ4n) is 1.34. The van der Waals surface area contributed by atoms with Crippen molar-refractivity contribution in [1.29, 1.82) is 5.26 Å². The number of nitrogens with zero attached hydrogens (tertiary/aromatic N) is 2. The lowest BCUT2D eigenvalue weighted by Crippen LogP contribution is -1.91. The van der Waals surface area contributed by atoms with Crippen LogP contribution in [0.15, 0.2) is 24.4 Å². The number of benzene rings is 1. The minimum absolute atomic E-state index is 0.0595. The summed E-state index contributed by atoms with van der Waals surface area (Å²) in [6.45, 7) is 0. The number of hydrogen-bond acceptors (Lipinski definition) is 3. The smallest absolute Gasteiger partial charge is 0.152 e. The predicted octanol–water partition coefficient (Wildman–Crippen LogP) is 2.25. The van der Waals surface area contributed by atoms with Crippen molar-refractivity contribution in [1.82, 2.24) is 4.98 Å². The summed E-state index contributed by atoms with van der Waals surface area (Å²) in [5.41, 5.74) is 0.447. The van der Waals surface area contributed by atoms with E-state index in [1.54, 1.807) is 18.2 Å². The topological polar surface area (TPSA) is 45.9 Å². The van der Waals surface area contributed by atoms with Gasteiger partial charge < -0.3 is 4.74 Å². The highest BCUT2D eigenvalue weighted by molar-refractivity contribution is 5.81. The van der Waals surface area contributed by atoms with Gasteiger partial charge in [0.2, 0.25) is 0 Å². The quantitative estimate of drug-likeness (QED) is 0.712. The molecule has 0 amide bonds. The second-order valence-corrected chi connectivity index (χ2v) is 2.98. The van der Waals surface area contributed by atoms with Crippen molar-refractivity contribution in [3.8, 4) is 11.8 Å². The van der Waals surface area contributed by atoms with Crippen LogP contribution in [0.25, 0.3) is 10.9 Å². The van der Waals surface area contributed by atoms with Crippen LogP contribution in [0.2, 0.25) is 0 Å². The Bertz CT molecular complexity index is 560. The molecule has 1 aromatic carbocycles. The SMILES string of the molecule is COc1ccc2ncc(C#N)c(F)c2c1. The maximum absolute atomic E-state index is 13.7. The van der Waals surface area contributed by atoms with E-state index in [9.17, 15) is 4.39 Å². The van der Waals surface area contributed by atoms with Crippen molar-refractivity contribution in [3.05, 3.63) is 35.8 Å². The number of methoxy groups -OCH3 is 1. The van der Waals surface area contributed by atoms with Gasteiger partial charge in [0.25, 0.3) is 0 Å². The van der Waals surface area contributed by atoms with Gasteiger partial charge in [0.05, 0.1) is 12.6 Å². The normalized spacial score (nSPS) is 9.93. The zero-order valence-electron chi connectivity index (χ0n) is 7.99. The largest absolute Gasteiger partial charge is 0.497 e. The number of pyridine rings is 1. The van der Waals surface area contributed by atoms with Gasteiger partial charge in [0.1, 0.15) is 17.4 Å². The van der Waals surface area contributed by atoms with Gasteiger partial charge in [-0.1, -0.05) is 0 Å². The van der Waals surface area contributed by atoms with Crippen molar-refractivity contribution in [2.24, 2.45) is 0 Å². The summed E-state index contributed by atoms with van der Waals surface area (Å²) < 4.78 is 18.6. The van der Waals surface area contributed by atoms with Crippen molar-refractivity contribution in [3.63, 3.8) is 0 Å². The van der Waals surface area contributed by atoms with Crippen LogP contribution in [0, 0.1) is 17.1 Å². The van der Waals surface area contributed by atoms with Gasteiger partial charge in [-0.25, -0.2) is 4.39 Å². The molecule has 0 fully saturated rings. The Morgan fingerprint density at radius 2 is 2.27 bits per heavy atom. The van der Waals surface area contributed by atoms with Crippen LogP contribution in [0.3, 0.4) is 0 Å². The third kappa shape index (κ3) is 1.48. The van der Waals surface area contributed by atoms with Gasteiger partial charge in [-0.2, -0.15) is 5.26 Å². The third-order valence-electron chi connectivity index (χ3n) is 2.13. The summed E-state index contributed by atoms with van der Waals surface area (Å²) in [5.74, 6) is -0.0142. The lowest BCUT2D eigenvalue weighted by atomic mass is 10.1. The van der Waals surface area contributed by atoms with Crippen molar-refractivity contribution in [2.45, 2.75) is 0 Å². The fourth-order valence-corrected chi connectivity index (χ4v) is 1.34. The number of rotatable bonds is 1. The van der Waals surface area contributed by atoms with E-state index in [1.165, 1.54) is 19.4 Å². The fraction of sp³-hybridized carbons (Fsp3) is 0.0909. The van der Waals surface area contributed by atoms with Crippen LogP contribution < -0.4 is 4.74 Å². The summed E-state index contributed by atoms with van der Waals surface area (Å²) in [6.07, 6.45) is 1.23. The van der Waals surface area contributed by atoms with Crippen LogP contribution in [-0.2, 0) is 0 Å². The minimum atomic E-state index is -0.554. The predicted molar refractivity (Wildman–Crippen MR) is 53.0 cm³/mol. The molecule has 0 saturated heterocycles. The van der Waals surface area contributed by atoms with Crippen LogP contribution in [0.4, 0.5) is 4.39 Å². The molecule has 2 rings (SSSR count). The molecule has 74 valence electrons. The van der Waals surface area contributed by atoms with E-state index in [4.69, 9.17) is 10.00 Å². The maximum Gasteiger partial charge on any atom is 0.152 e. The average Bonchev–Trinajstić information content (AvgIpc) is 2.29. The van der Waals surface area contributed by atoms with E-state index in [1.807, 2.05) is 0 Å². The zero-order valence-corrected chi connectivity index (χ0v) is 7.99. The Morgan fingerprint density at radius 1 is 1.47 bits per heavy atom. The van der Waals surface area contributed by atoms with E-state index in [0.29, 0.717) is 16.7 Å². The van der Waals surface area contributed by atoms with E-state index in [0.717, 1.165) is 0 Å². The van der Waals surface area contributed by atoms with Gasteiger partial charge in [-0.15, -0.1) is 0 Å². The molecule has 0 spiro atoms. The van der Waals surface area contributed by atoms with E-state index < -0.39 is 5.82 Å². The van der Waals surface area contributed by atoms with Gasteiger partial charge in [0, 0.05) is 11.6 Å². The molecular weight excluding hydrogens is 195 g/mol. The molecule has 0 radical (unpaired) electrons. The van der Waals surface area contributed by atoms with Crippen molar-refractivity contribution < 1.29 is 9.13 Å². The first-order chi connectivity index (χ1) is 7.26. The highest BCUT2D eigenvalue weighted by atomic mass is 19.1. The first kappa shape index (κ1) is 9.41.